The normalized spacial score (nSPS) is 10.9. The van der Waals surface area contributed by atoms with Crippen LogP contribution in [0.2, 0.25) is 0 Å². The van der Waals surface area contributed by atoms with Gasteiger partial charge in [0.2, 0.25) is 0 Å². The first-order valence-corrected chi connectivity index (χ1v) is 6.58. The van der Waals surface area contributed by atoms with Crippen molar-refractivity contribution in [3.05, 3.63) is 65.7 Å². The highest BCUT2D eigenvalue weighted by Gasteiger charge is 2.14. The summed E-state index contributed by atoms with van der Waals surface area (Å²) in [6.45, 7) is 2.06. The number of benzene rings is 1. The molecule has 0 amide bonds. The number of fused-ring (bicyclic) bond motifs is 1. The largest absolute Gasteiger partial charge is 0.313 e. The van der Waals surface area contributed by atoms with Gasteiger partial charge in [0.15, 0.2) is 6.29 Å². The second-order valence-electron chi connectivity index (χ2n) is 4.73. The molecule has 0 N–H and O–H groups in total. The van der Waals surface area contributed by atoms with Gasteiger partial charge in [-0.3, -0.25) is 4.79 Å². The Hall–Kier alpha value is -2.42. The Morgan fingerprint density at radius 2 is 1.95 bits per heavy atom. The molecule has 0 spiro atoms. The molecule has 0 atom stereocenters. The van der Waals surface area contributed by atoms with Crippen LogP contribution in [0.5, 0.6) is 0 Å². The molecule has 3 rings (SSSR count). The Kier molecular flexibility index (Phi) is 3.11. The molecule has 3 heteroatoms. The average molecular weight is 267 g/mol. The van der Waals surface area contributed by atoms with Gasteiger partial charge in [-0.05, 0) is 30.2 Å². The van der Waals surface area contributed by atoms with Crippen LogP contribution in [0.1, 0.15) is 23.0 Å². The smallest absolute Gasteiger partial charge is 0.167 e. The number of aryl methyl sites for hydroxylation is 1. The summed E-state index contributed by atoms with van der Waals surface area (Å²) in [4.78, 5) is 11.4. The third kappa shape index (κ3) is 1.92. The summed E-state index contributed by atoms with van der Waals surface area (Å²) >= 11 is 0. The Morgan fingerprint density at radius 1 is 1.15 bits per heavy atom. The van der Waals surface area contributed by atoms with E-state index in [4.69, 9.17) is 0 Å². The molecule has 20 heavy (non-hydrogen) atoms. The zero-order valence-corrected chi connectivity index (χ0v) is 11.1. The molecule has 0 aliphatic rings. The highest BCUT2D eigenvalue weighted by Crippen LogP contribution is 2.29. The number of carbonyl (C=O) groups excluding carboxylic acids is 1. The van der Waals surface area contributed by atoms with Crippen molar-refractivity contribution >= 4 is 11.8 Å². The van der Waals surface area contributed by atoms with Crippen molar-refractivity contribution in [3.63, 3.8) is 0 Å². The lowest BCUT2D eigenvalue weighted by atomic mass is 10.1. The van der Waals surface area contributed by atoms with Gasteiger partial charge in [-0.2, -0.15) is 0 Å². The van der Waals surface area contributed by atoms with E-state index in [1.54, 1.807) is 18.2 Å². The van der Waals surface area contributed by atoms with Crippen LogP contribution < -0.4 is 0 Å². The number of hydrogen-bond acceptors (Lipinski definition) is 1. The maximum atomic E-state index is 13.9. The van der Waals surface area contributed by atoms with Gasteiger partial charge in [0.1, 0.15) is 5.82 Å². The number of carbonyl (C=O) groups is 1. The van der Waals surface area contributed by atoms with Crippen LogP contribution in [0, 0.1) is 5.82 Å². The maximum Gasteiger partial charge on any atom is 0.167 e. The van der Waals surface area contributed by atoms with E-state index in [0.717, 1.165) is 23.8 Å². The zero-order chi connectivity index (χ0) is 14.1. The number of aromatic nitrogens is 1. The van der Waals surface area contributed by atoms with Crippen LogP contribution in [0.4, 0.5) is 4.39 Å². The molecule has 1 aromatic carbocycles. The molecule has 100 valence electrons. The summed E-state index contributed by atoms with van der Waals surface area (Å²) in [5.74, 6) is -0.317. The summed E-state index contributed by atoms with van der Waals surface area (Å²) in [5, 5.41) is 0. The van der Waals surface area contributed by atoms with Gasteiger partial charge in [0, 0.05) is 22.8 Å². The van der Waals surface area contributed by atoms with E-state index < -0.39 is 0 Å². The van der Waals surface area contributed by atoms with Crippen molar-refractivity contribution in [1.82, 2.24) is 4.40 Å². The van der Waals surface area contributed by atoms with Crippen LogP contribution in [0.15, 0.2) is 48.7 Å². The monoisotopic (exact) mass is 267 g/mol. The van der Waals surface area contributed by atoms with Crippen LogP contribution in [-0.2, 0) is 6.42 Å². The summed E-state index contributed by atoms with van der Waals surface area (Å²) in [7, 11) is 0. The van der Waals surface area contributed by atoms with Crippen LogP contribution in [0.3, 0.4) is 0 Å². The first-order valence-electron chi connectivity index (χ1n) is 6.58. The fourth-order valence-electron chi connectivity index (χ4n) is 2.46. The van der Waals surface area contributed by atoms with Crippen molar-refractivity contribution in [2.24, 2.45) is 0 Å². The standard InChI is InChI=1S/C17H14FNO/c1-2-12-7-8-13-9-15(17(11-20)19(13)10-12)14-5-3-4-6-16(14)18/h3-11H,2H2,1H3. The van der Waals surface area contributed by atoms with Gasteiger partial charge in [-0.25, -0.2) is 4.39 Å². The van der Waals surface area contributed by atoms with Gasteiger partial charge in [0.05, 0.1) is 5.69 Å². The molecule has 0 saturated carbocycles. The minimum Gasteiger partial charge on any atom is -0.313 e. The molecule has 2 aromatic heterocycles. The van der Waals surface area contributed by atoms with Crippen molar-refractivity contribution < 1.29 is 9.18 Å². The predicted molar refractivity (Wildman–Crippen MR) is 77.6 cm³/mol. The molecule has 0 fully saturated rings. The number of nitrogens with zero attached hydrogens (tertiary/aromatic N) is 1. The number of aldehydes is 1. The van der Waals surface area contributed by atoms with Gasteiger partial charge in [0.25, 0.3) is 0 Å². The fourth-order valence-corrected chi connectivity index (χ4v) is 2.46. The predicted octanol–water partition coefficient (Wildman–Crippen LogP) is 4.12. The molecule has 0 bridgehead atoms. The lowest BCUT2D eigenvalue weighted by molar-refractivity contribution is 0.111. The Bertz CT molecular complexity index is 789. The summed E-state index contributed by atoms with van der Waals surface area (Å²) in [6.07, 6.45) is 3.61. The van der Waals surface area contributed by atoms with Crippen molar-refractivity contribution in [2.75, 3.05) is 0 Å². The Labute approximate surface area is 116 Å². The molecule has 0 unspecified atom stereocenters. The quantitative estimate of drug-likeness (QED) is 0.654. The van der Waals surface area contributed by atoms with E-state index in [1.165, 1.54) is 6.07 Å². The van der Waals surface area contributed by atoms with Crippen LogP contribution in [0.25, 0.3) is 16.6 Å². The molecule has 0 aliphatic carbocycles. The van der Waals surface area contributed by atoms with Crippen LogP contribution in [-0.4, -0.2) is 10.7 Å². The lowest BCUT2D eigenvalue weighted by Gasteiger charge is -2.03. The molecular formula is C17H14FNO. The maximum absolute atomic E-state index is 13.9. The number of halogens is 1. The second-order valence-corrected chi connectivity index (χ2v) is 4.73. The van der Waals surface area contributed by atoms with E-state index in [9.17, 15) is 9.18 Å². The number of rotatable bonds is 3. The minimum atomic E-state index is -0.317. The molecule has 0 aliphatic heterocycles. The third-order valence-corrected chi connectivity index (χ3v) is 3.55. The lowest BCUT2D eigenvalue weighted by Crippen LogP contribution is -1.95. The SMILES string of the molecule is CCc1ccc2cc(-c3ccccc3F)c(C=O)n2c1. The second kappa shape index (κ2) is 4.93. The summed E-state index contributed by atoms with van der Waals surface area (Å²) in [6, 6.07) is 12.3. The average Bonchev–Trinajstić information content (AvgIpc) is 2.84. The fraction of sp³-hybridized carbons (Fsp3) is 0.118. The first kappa shape index (κ1) is 12.6. The van der Waals surface area contributed by atoms with E-state index in [1.807, 2.05) is 28.8 Å². The topological polar surface area (TPSA) is 21.5 Å². The number of pyridine rings is 1. The van der Waals surface area contributed by atoms with E-state index in [0.29, 0.717) is 16.8 Å². The van der Waals surface area contributed by atoms with Crippen LogP contribution >= 0.6 is 0 Å². The molecule has 3 aromatic rings. The minimum absolute atomic E-state index is 0.317. The van der Waals surface area contributed by atoms with Gasteiger partial charge in [-0.1, -0.05) is 31.2 Å². The first-order chi connectivity index (χ1) is 9.74. The molecule has 0 radical (unpaired) electrons. The zero-order valence-electron chi connectivity index (χ0n) is 11.1. The Balaban J connectivity index is 2.31. The van der Waals surface area contributed by atoms with E-state index >= 15 is 0 Å². The molecular weight excluding hydrogens is 253 g/mol. The van der Waals surface area contributed by atoms with Crippen molar-refractivity contribution in [3.8, 4) is 11.1 Å². The third-order valence-electron chi connectivity index (χ3n) is 3.55. The molecule has 2 nitrogen and oxygen atoms in total. The Morgan fingerprint density at radius 3 is 2.65 bits per heavy atom. The van der Waals surface area contributed by atoms with Gasteiger partial charge >= 0.3 is 0 Å². The number of hydrogen-bond donors (Lipinski definition) is 0. The van der Waals surface area contributed by atoms with E-state index in [-0.39, 0.29) is 5.82 Å². The van der Waals surface area contributed by atoms with Crippen molar-refractivity contribution in [1.29, 1.82) is 0 Å². The highest BCUT2D eigenvalue weighted by atomic mass is 19.1. The van der Waals surface area contributed by atoms with Gasteiger partial charge < -0.3 is 4.40 Å². The van der Waals surface area contributed by atoms with E-state index in [2.05, 4.69) is 6.92 Å². The highest BCUT2D eigenvalue weighted by molar-refractivity contribution is 5.90. The molecule has 0 saturated heterocycles. The molecule has 2 heterocycles. The summed E-state index contributed by atoms with van der Waals surface area (Å²) < 4.78 is 15.8. The van der Waals surface area contributed by atoms with Gasteiger partial charge in [-0.15, -0.1) is 0 Å². The summed E-state index contributed by atoms with van der Waals surface area (Å²) in [5.41, 5.74) is 3.60. The van der Waals surface area contributed by atoms with Crippen molar-refractivity contribution in [2.45, 2.75) is 13.3 Å².